The van der Waals surface area contributed by atoms with E-state index in [1.165, 1.54) is 24.4 Å². The molecule has 1 aliphatic rings. The molecule has 0 bridgehead atoms. The van der Waals surface area contributed by atoms with Crippen LogP contribution in [-0.2, 0) is 0 Å². The van der Waals surface area contributed by atoms with E-state index in [4.69, 9.17) is 10.3 Å². The van der Waals surface area contributed by atoms with Gasteiger partial charge in [0.15, 0.2) is 5.82 Å². The van der Waals surface area contributed by atoms with Crippen molar-refractivity contribution in [2.24, 2.45) is 0 Å². The third-order valence-electron chi connectivity index (χ3n) is 3.27. The Bertz CT molecular complexity index is 508. The molecule has 0 unspecified atom stereocenters. The molecule has 1 saturated carbocycles. The van der Waals surface area contributed by atoms with Gasteiger partial charge in [-0.15, -0.1) is 0 Å². The molecule has 1 fully saturated rings. The fraction of sp³-hybridized carbons (Fsp3) is 0.545. The maximum atomic E-state index is 5.86. The molecule has 2 heterocycles. The van der Waals surface area contributed by atoms with Crippen LogP contribution in [0.1, 0.15) is 43.1 Å². The molecule has 0 aromatic carbocycles. The highest BCUT2D eigenvalue weighted by molar-refractivity contribution is 7.10. The predicted octanol–water partition coefficient (Wildman–Crippen LogP) is 2.74. The van der Waals surface area contributed by atoms with Gasteiger partial charge in [-0.25, -0.2) is 0 Å². The maximum Gasteiger partial charge on any atom is 0.262 e. The summed E-state index contributed by atoms with van der Waals surface area (Å²) in [4.78, 5) is 4.47. The minimum Gasteiger partial charge on any atom is -0.389 e. The van der Waals surface area contributed by atoms with Gasteiger partial charge >= 0.3 is 0 Å². The summed E-state index contributed by atoms with van der Waals surface area (Å²) in [7, 11) is 0. The predicted molar refractivity (Wildman–Crippen MR) is 65.8 cm³/mol. The second-order valence-electron chi connectivity index (χ2n) is 4.45. The van der Waals surface area contributed by atoms with E-state index < -0.39 is 0 Å². The minimum atomic E-state index is 0.459. The van der Waals surface area contributed by atoms with Gasteiger partial charge in [-0.2, -0.15) is 9.36 Å². The van der Waals surface area contributed by atoms with Crippen LogP contribution < -0.4 is 5.73 Å². The molecule has 2 aromatic rings. The molecule has 0 saturated heterocycles. The van der Waals surface area contributed by atoms with Crippen LogP contribution in [0, 0.1) is 6.92 Å². The Labute approximate surface area is 103 Å². The fourth-order valence-electron chi connectivity index (χ4n) is 2.33. The summed E-state index contributed by atoms with van der Waals surface area (Å²) in [5, 5.41) is 4.71. The van der Waals surface area contributed by atoms with Crippen LogP contribution in [0.4, 0.5) is 5.00 Å². The largest absolute Gasteiger partial charge is 0.389 e. The molecule has 2 N–H and O–H groups in total. The van der Waals surface area contributed by atoms with Crippen LogP contribution in [0.15, 0.2) is 4.52 Å². The fourth-order valence-corrected chi connectivity index (χ4v) is 2.99. The van der Waals surface area contributed by atoms with Gasteiger partial charge in [-0.1, -0.05) is 18.0 Å². The van der Waals surface area contributed by atoms with Crippen LogP contribution in [0.3, 0.4) is 0 Å². The van der Waals surface area contributed by atoms with E-state index in [0.717, 1.165) is 29.9 Å². The highest BCUT2D eigenvalue weighted by atomic mass is 32.1. The molecule has 0 amide bonds. The zero-order valence-corrected chi connectivity index (χ0v) is 10.5. The molecular weight excluding hydrogens is 236 g/mol. The van der Waals surface area contributed by atoms with Crippen molar-refractivity contribution in [1.82, 2.24) is 14.5 Å². The lowest BCUT2D eigenvalue weighted by atomic mass is 10.1. The zero-order valence-electron chi connectivity index (χ0n) is 9.64. The summed E-state index contributed by atoms with van der Waals surface area (Å²) in [6, 6.07) is 0. The molecular formula is C11H14N4OS. The Morgan fingerprint density at radius 2 is 2.12 bits per heavy atom. The van der Waals surface area contributed by atoms with Crippen molar-refractivity contribution in [2.45, 2.75) is 38.5 Å². The van der Waals surface area contributed by atoms with Crippen molar-refractivity contribution in [3.63, 3.8) is 0 Å². The Hall–Kier alpha value is -1.43. The first kappa shape index (κ1) is 10.7. The lowest BCUT2D eigenvalue weighted by molar-refractivity contribution is 0.416. The number of nitrogens with two attached hydrogens (primary N) is 1. The van der Waals surface area contributed by atoms with Crippen molar-refractivity contribution >= 4 is 16.5 Å². The average molecular weight is 250 g/mol. The molecule has 2 aromatic heterocycles. The van der Waals surface area contributed by atoms with Gasteiger partial charge in [0, 0.05) is 5.92 Å². The van der Waals surface area contributed by atoms with Gasteiger partial charge in [-0.05, 0) is 31.3 Å². The van der Waals surface area contributed by atoms with Crippen LogP contribution in [0.25, 0.3) is 11.5 Å². The summed E-state index contributed by atoms with van der Waals surface area (Å²) in [6.07, 6.45) is 4.84. The van der Waals surface area contributed by atoms with Crippen molar-refractivity contribution in [2.75, 3.05) is 5.73 Å². The molecule has 0 spiro atoms. The van der Waals surface area contributed by atoms with E-state index in [2.05, 4.69) is 14.5 Å². The lowest BCUT2D eigenvalue weighted by Gasteiger charge is -1.99. The number of nitrogen functional groups attached to an aromatic ring is 1. The van der Waals surface area contributed by atoms with Crippen LogP contribution in [0.2, 0.25) is 0 Å². The Morgan fingerprint density at radius 3 is 2.76 bits per heavy atom. The summed E-state index contributed by atoms with van der Waals surface area (Å²) in [6.45, 7) is 1.90. The zero-order chi connectivity index (χ0) is 11.8. The quantitative estimate of drug-likeness (QED) is 0.886. The molecule has 0 atom stereocenters. The van der Waals surface area contributed by atoms with Gasteiger partial charge < -0.3 is 10.3 Å². The molecule has 5 nitrogen and oxygen atoms in total. The van der Waals surface area contributed by atoms with E-state index in [1.54, 1.807) is 0 Å². The van der Waals surface area contributed by atoms with Gasteiger partial charge in [0.05, 0.1) is 11.3 Å². The second kappa shape index (κ2) is 4.10. The van der Waals surface area contributed by atoms with Gasteiger partial charge in [0.2, 0.25) is 0 Å². The van der Waals surface area contributed by atoms with Crippen LogP contribution in [-0.4, -0.2) is 14.5 Å². The number of rotatable bonds is 2. The topological polar surface area (TPSA) is 77.8 Å². The summed E-state index contributed by atoms with van der Waals surface area (Å²) in [5.74, 6) is 1.79. The van der Waals surface area contributed by atoms with E-state index >= 15 is 0 Å². The molecule has 17 heavy (non-hydrogen) atoms. The summed E-state index contributed by atoms with van der Waals surface area (Å²) >= 11 is 1.27. The smallest absolute Gasteiger partial charge is 0.262 e. The molecule has 3 rings (SSSR count). The average Bonchev–Trinajstić information content (AvgIpc) is 2.98. The van der Waals surface area contributed by atoms with Gasteiger partial charge in [0.1, 0.15) is 5.00 Å². The van der Waals surface area contributed by atoms with Crippen molar-refractivity contribution in [1.29, 1.82) is 0 Å². The Kier molecular flexibility index (Phi) is 2.58. The van der Waals surface area contributed by atoms with E-state index in [0.29, 0.717) is 16.8 Å². The number of nitrogens with zero attached hydrogens (tertiary/aromatic N) is 3. The van der Waals surface area contributed by atoms with Gasteiger partial charge in [0.25, 0.3) is 5.89 Å². The Morgan fingerprint density at radius 1 is 1.35 bits per heavy atom. The van der Waals surface area contributed by atoms with Crippen LogP contribution in [0.5, 0.6) is 0 Å². The monoisotopic (exact) mass is 250 g/mol. The molecule has 1 aliphatic carbocycles. The van der Waals surface area contributed by atoms with Gasteiger partial charge in [-0.3, -0.25) is 0 Å². The third-order valence-corrected chi connectivity index (χ3v) is 4.03. The highest BCUT2D eigenvalue weighted by Crippen LogP contribution is 2.35. The van der Waals surface area contributed by atoms with E-state index in [-0.39, 0.29) is 0 Å². The lowest BCUT2D eigenvalue weighted by Crippen LogP contribution is -1.94. The Balaban J connectivity index is 1.94. The van der Waals surface area contributed by atoms with Crippen molar-refractivity contribution < 1.29 is 4.52 Å². The first-order chi connectivity index (χ1) is 8.25. The van der Waals surface area contributed by atoms with E-state index in [1.807, 2.05) is 6.92 Å². The normalized spacial score (nSPS) is 16.8. The second-order valence-corrected chi connectivity index (χ2v) is 5.25. The number of anilines is 1. The maximum absolute atomic E-state index is 5.86. The standard InChI is InChI=1S/C11H14N4OS/c1-6-8(9(12)17-15-6)11-13-10(14-16-11)7-4-2-3-5-7/h7H,2-5,12H2,1H3. The number of hydrogen-bond acceptors (Lipinski definition) is 6. The molecule has 90 valence electrons. The third kappa shape index (κ3) is 1.82. The number of hydrogen-bond donors (Lipinski definition) is 1. The first-order valence-electron chi connectivity index (χ1n) is 5.81. The first-order valence-corrected chi connectivity index (χ1v) is 6.59. The number of aromatic nitrogens is 3. The summed E-state index contributed by atoms with van der Waals surface area (Å²) < 4.78 is 9.50. The van der Waals surface area contributed by atoms with Crippen molar-refractivity contribution in [3.8, 4) is 11.5 Å². The molecule has 0 radical (unpaired) electrons. The SMILES string of the molecule is Cc1nsc(N)c1-c1nc(C2CCCC2)no1. The summed E-state index contributed by atoms with van der Waals surface area (Å²) in [5.41, 5.74) is 7.52. The van der Waals surface area contributed by atoms with Crippen molar-refractivity contribution in [3.05, 3.63) is 11.5 Å². The van der Waals surface area contributed by atoms with Crippen LogP contribution >= 0.6 is 11.5 Å². The molecule has 6 heteroatoms. The molecule has 0 aliphatic heterocycles. The highest BCUT2D eigenvalue weighted by Gasteiger charge is 2.24. The van der Waals surface area contributed by atoms with E-state index in [9.17, 15) is 0 Å². The minimum absolute atomic E-state index is 0.459. The number of aryl methyl sites for hydroxylation is 1.